The Morgan fingerprint density at radius 2 is 1.15 bits per heavy atom. The second-order valence-electron chi connectivity index (χ2n) is 9.62. The Morgan fingerprint density at radius 3 is 1.55 bits per heavy atom. The highest BCUT2D eigenvalue weighted by Crippen LogP contribution is 2.44. The van der Waals surface area contributed by atoms with Crippen LogP contribution in [0.3, 0.4) is 0 Å². The molecule has 0 bridgehead atoms. The van der Waals surface area contributed by atoms with Gasteiger partial charge in [-0.15, -0.1) is 0 Å². The first-order valence-electron chi connectivity index (χ1n) is 13.9. The van der Waals surface area contributed by atoms with Gasteiger partial charge < -0.3 is 14.6 Å². The summed E-state index contributed by atoms with van der Waals surface area (Å²) in [5, 5.41) is 10.8. The van der Waals surface area contributed by atoms with Crippen molar-refractivity contribution in [3.63, 3.8) is 0 Å². The van der Waals surface area contributed by atoms with Gasteiger partial charge in [0, 0.05) is 35.0 Å². The van der Waals surface area contributed by atoms with Crippen molar-refractivity contribution in [3.05, 3.63) is 93.7 Å². The van der Waals surface area contributed by atoms with Crippen molar-refractivity contribution < 1.29 is 48.2 Å². The highest BCUT2D eigenvalue weighted by Gasteiger charge is 2.40. The molecule has 3 aromatic carbocycles. The Labute approximate surface area is 278 Å². The van der Waals surface area contributed by atoms with E-state index < -0.39 is 24.4 Å². The number of carboxylic acid groups (broad SMARTS) is 1. The fourth-order valence-electron chi connectivity index (χ4n) is 4.07. The monoisotopic (exact) mass is 681 g/mol. The number of hydroxylamine groups is 4. The first kappa shape index (κ1) is 35.2. The van der Waals surface area contributed by atoms with Crippen molar-refractivity contribution in [1.82, 2.24) is 10.1 Å². The molecule has 246 valence electrons. The van der Waals surface area contributed by atoms with Gasteiger partial charge in [0.25, 0.3) is 23.6 Å². The molecule has 47 heavy (non-hydrogen) atoms. The van der Waals surface area contributed by atoms with Gasteiger partial charge >= 0.3 is 5.97 Å². The van der Waals surface area contributed by atoms with Crippen LogP contribution in [-0.4, -0.2) is 93.0 Å². The van der Waals surface area contributed by atoms with Crippen molar-refractivity contribution in [1.29, 1.82) is 0 Å². The maximum absolute atomic E-state index is 13.8. The maximum Gasteiger partial charge on any atom is 0.329 e. The molecule has 15 heteroatoms. The van der Waals surface area contributed by atoms with Crippen LogP contribution >= 0.6 is 23.5 Å². The number of imide groups is 1. The molecule has 3 aromatic rings. The van der Waals surface area contributed by atoms with Crippen LogP contribution in [0.1, 0.15) is 20.7 Å². The minimum Gasteiger partial charge on any atom is -0.491 e. The van der Waals surface area contributed by atoms with Crippen molar-refractivity contribution >= 4 is 58.8 Å². The molecule has 1 N–H and O–H groups in total. The fourth-order valence-corrected chi connectivity index (χ4v) is 6.05. The van der Waals surface area contributed by atoms with E-state index in [1.165, 1.54) is 28.3 Å². The zero-order chi connectivity index (χ0) is 34.1. The van der Waals surface area contributed by atoms with Crippen molar-refractivity contribution in [2.75, 3.05) is 53.0 Å². The van der Waals surface area contributed by atoms with E-state index in [0.717, 1.165) is 38.6 Å². The lowest BCUT2D eigenvalue weighted by atomic mass is 10.2. The number of ether oxygens (including phenoxy) is 2. The van der Waals surface area contributed by atoms with E-state index in [0.29, 0.717) is 32.4 Å². The van der Waals surface area contributed by atoms with E-state index in [1.54, 1.807) is 72.8 Å². The molecule has 1 aliphatic rings. The second-order valence-corrected chi connectivity index (χ2v) is 11.8. The number of anilines is 1. The smallest absolute Gasteiger partial charge is 0.329 e. The summed E-state index contributed by atoms with van der Waals surface area (Å²) in [7, 11) is 5.74. The van der Waals surface area contributed by atoms with Crippen molar-refractivity contribution in [3.8, 4) is 5.75 Å². The molecule has 4 amide bonds. The van der Waals surface area contributed by atoms with Gasteiger partial charge in [0.2, 0.25) is 0 Å². The van der Waals surface area contributed by atoms with Gasteiger partial charge in [0.15, 0.2) is 0 Å². The third-order valence-electron chi connectivity index (χ3n) is 6.58. The summed E-state index contributed by atoms with van der Waals surface area (Å²) in [6, 6.07) is 19.4. The molecule has 0 fully saturated rings. The number of amides is 4. The number of thioether (sulfide) groups is 2. The number of carbonyl (C=O) groups is 5. The normalized spacial score (nSPS) is 12.8. The second kappa shape index (κ2) is 16.2. The number of carbonyl (C=O) groups excluding carboxylic acids is 4. The minimum absolute atomic E-state index is 0.0681. The van der Waals surface area contributed by atoms with E-state index >= 15 is 0 Å². The molecule has 0 aromatic heterocycles. The van der Waals surface area contributed by atoms with Crippen LogP contribution in [0.5, 0.6) is 5.75 Å². The zero-order valence-corrected chi connectivity index (χ0v) is 27.5. The molecule has 0 spiro atoms. The summed E-state index contributed by atoms with van der Waals surface area (Å²) >= 11 is 2.18. The van der Waals surface area contributed by atoms with Gasteiger partial charge in [-0.05, 0) is 72.8 Å². The molecule has 4 rings (SSSR count). The highest BCUT2D eigenvalue weighted by molar-refractivity contribution is 8.08. The summed E-state index contributed by atoms with van der Waals surface area (Å²) in [5.74, 6) is -2.42. The molecular formula is C32H31N3O10S2. The van der Waals surface area contributed by atoms with Crippen molar-refractivity contribution in [2.24, 2.45) is 0 Å². The summed E-state index contributed by atoms with van der Waals surface area (Å²) < 4.78 is 10.5. The molecule has 0 unspecified atom stereocenters. The predicted molar refractivity (Wildman–Crippen MR) is 173 cm³/mol. The van der Waals surface area contributed by atoms with E-state index in [9.17, 15) is 24.0 Å². The summed E-state index contributed by atoms with van der Waals surface area (Å²) in [4.78, 5) is 75.7. The molecule has 1 aliphatic heterocycles. The Bertz CT molecular complexity index is 1570. The third-order valence-corrected chi connectivity index (χ3v) is 8.89. The van der Waals surface area contributed by atoms with Gasteiger partial charge in [-0.1, -0.05) is 23.5 Å². The minimum atomic E-state index is -1.08. The van der Waals surface area contributed by atoms with Crippen LogP contribution in [0.25, 0.3) is 0 Å². The molecule has 13 nitrogen and oxygen atoms in total. The molecule has 0 saturated carbocycles. The van der Waals surface area contributed by atoms with Crippen LogP contribution in [-0.2, 0) is 28.8 Å². The Morgan fingerprint density at radius 1 is 0.702 bits per heavy atom. The Balaban J connectivity index is 1.58. The number of hydrogen-bond acceptors (Lipinski definition) is 11. The van der Waals surface area contributed by atoms with E-state index in [4.69, 9.17) is 24.3 Å². The summed E-state index contributed by atoms with van der Waals surface area (Å²) in [6.45, 7) is -0.260. The molecule has 0 aliphatic carbocycles. The standard InChI is InChI=1S/C32H31N3O10S2/c1-33(42-3)29(38)20-5-13-24(14-6-20)46-27-28(47-25-15-7-21(8-16-25)30(39)34(2)43-4)32(41)35(31(27)40)22-9-11-23(12-10-22)45-18-17-44-19-26(36)37/h5-16H,17-19H2,1-4H3,(H,36,37). The molecule has 1 heterocycles. The van der Waals surface area contributed by atoms with E-state index in [-0.39, 0.29) is 34.8 Å². The number of hydrogen-bond donors (Lipinski definition) is 1. The average molecular weight is 682 g/mol. The van der Waals surface area contributed by atoms with Crippen LogP contribution < -0.4 is 9.64 Å². The van der Waals surface area contributed by atoms with Gasteiger partial charge in [-0.3, -0.25) is 28.9 Å². The molecule has 0 saturated heterocycles. The Kier molecular flexibility index (Phi) is 12.2. The zero-order valence-electron chi connectivity index (χ0n) is 25.8. The highest BCUT2D eigenvalue weighted by atomic mass is 32.2. The van der Waals surface area contributed by atoms with Gasteiger partial charge in [0.1, 0.15) is 19.0 Å². The summed E-state index contributed by atoms with van der Waals surface area (Å²) in [6.07, 6.45) is 0. The number of rotatable bonds is 15. The van der Waals surface area contributed by atoms with Crippen LogP contribution in [0.15, 0.2) is 92.4 Å². The number of nitrogens with zero attached hydrogens (tertiary/aromatic N) is 3. The van der Waals surface area contributed by atoms with Gasteiger partial charge in [-0.2, -0.15) is 0 Å². The average Bonchev–Trinajstić information content (AvgIpc) is 3.31. The lowest BCUT2D eigenvalue weighted by molar-refractivity contribution is -0.142. The van der Waals surface area contributed by atoms with E-state index in [1.807, 2.05) is 0 Å². The number of aliphatic carboxylic acids is 1. The fraction of sp³-hybridized carbons (Fsp3) is 0.219. The van der Waals surface area contributed by atoms with Crippen LogP contribution in [0, 0.1) is 0 Å². The Hall–Kier alpha value is -4.67. The van der Waals surface area contributed by atoms with Crippen molar-refractivity contribution in [2.45, 2.75) is 9.79 Å². The first-order valence-corrected chi connectivity index (χ1v) is 15.5. The molecule has 0 radical (unpaired) electrons. The maximum atomic E-state index is 13.8. The van der Waals surface area contributed by atoms with E-state index in [2.05, 4.69) is 0 Å². The number of carboxylic acids is 1. The number of benzene rings is 3. The first-order chi connectivity index (χ1) is 22.5. The van der Waals surface area contributed by atoms with Gasteiger partial charge in [0.05, 0.1) is 36.3 Å². The largest absolute Gasteiger partial charge is 0.491 e. The lowest BCUT2D eigenvalue weighted by Gasteiger charge is -2.16. The lowest BCUT2D eigenvalue weighted by Crippen LogP contribution is -2.31. The molecular weight excluding hydrogens is 650 g/mol. The third kappa shape index (κ3) is 8.78. The molecule has 0 atom stereocenters. The topological polar surface area (TPSA) is 152 Å². The predicted octanol–water partition coefficient (Wildman–Crippen LogP) is 4.10. The quantitative estimate of drug-likeness (QED) is 0.140. The summed E-state index contributed by atoms with van der Waals surface area (Å²) in [5.41, 5.74) is 1.07. The van der Waals surface area contributed by atoms with Gasteiger partial charge in [-0.25, -0.2) is 19.8 Å². The van der Waals surface area contributed by atoms with Crippen LogP contribution in [0.2, 0.25) is 0 Å². The SMILES string of the molecule is CON(C)C(=O)c1ccc(SC2=C(Sc3ccc(C(=O)N(C)OC)cc3)C(=O)N(c3ccc(OCCOCC(=O)O)cc3)C2=O)cc1. The van der Waals surface area contributed by atoms with Crippen LogP contribution in [0.4, 0.5) is 5.69 Å².